The number of amides is 2. The van der Waals surface area contributed by atoms with Gasteiger partial charge in [0, 0.05) is 6.54 Å². The summed E-state index contributed by atoms with van der Waals surface area (Å²) in [6, 6.07) is 21.6. The molecular formula is C32H35NO5. The van der Waals surface area contributed by atoms with Gasteiger partial charge in [-0.2, -0.15) is 0 Å². The lowest BCUT2D eigenvalue weighted by Gasteiger charge is -2.22. The Labute approximate surface area is 223 Å². The number of carbonyl (C=O) groups is 3. The summed E-state index contributed by atoms with van der Waals surface area (Å²) in [5.41, 5.74) is 5.87. The molecule has 198 valence electrons. The van der Waals surface area contributed by atoms with Crippen LogP contribution in [0, 0.1) is 12.8 Å². The average molecular weight is 514 g/mol. The van der Waals surface area contributed by atoms with Gasteiger partial charge in [-0.15, -0.1) is 0 Å². The van der Waals surface area contributed by atoms with Crippen LogP contribution in [0.25, 0.3) is 11.1 Å². The molecule has 0 aromatic heterocycles. The number of aliphatic hydroxyl groups is 1. The van der Waals surface area contributed by atoms with Gasteiger partial charge in [0.2, 0.25) is 0 Å². The number of fused-ring (bicyclic) bond motifs is 1. The molecule has 38 heavy (non-hydrogen) atoms. The van der Waals surface area contributed by atoms with Crippen molar-refractivity contribution in [1.82, 2.24) is 4.90 Å². The predicted octanol–water partition coefficient (Wildman–Crippen LogP) is 5.64. The van der Waals surface area contributed by atoms with Crippen molar-refractivity contribution in [3.8, 4) is 11.1 Å². The standard InChI is InChI=1S/C32H35NO5/c1-20-5-10-22(11-6-20)23-12-7-21(8-13-23)9-16-28(34)26(31(37)38)17-18-33-29(35)25-15-14-24(32(2,3)4)19-27(25)30(33)36/h5-8,10-15,19,26,28,34H,9,16-18H2,1-4H3,(H,37,38)/t26-,28-/m1/s1. The molecule has 3 aromatic rings. The Kier molecular flexibility index (Phi) is 7.83. The molecule has 0 bridgehead atoms. The van der Waals surface area contributed by atoms with Gasteiger partial charge in [0.25, 0.3) is 11.8 Å². The van der Waals surface area contributed by atoms with Gasteiger partial charge in [-0.05, 0) is 66.0 Å². The van der Waals surface area contributed by atoms with Gasteiger partial charge in [-0.25, -0.2) is 0 Å². The van der Waals surface area contributed by atoms with E-state index in [1.165, 1.54) is 5.56 Å². The maximum atomic E-state index is 13.0. The summed E-state index contributed by atoms with van der Waals surface area (Å²) in [7, 11) is 0. The SMILES string of the molecule is Cc1ccc(-c2ccc(CC[C@@H](O)[C@@H](CCN3C(=O)c4ccc(C(C)(C)C)cc4C3=O)C(=O)O)cc2)cc1. The number of aryl methyl sites for hydroxylation is 2. The first kappa shape index (κ1) is 27.3. The third kappa shape index (κ3) is 5.86. The van der Waals surface area contributed by atoms with Crippen LogP contribution in [0.2, 0.25) is 0 Å². The molecule has 0 unspecified atom stereocenters. The van der Waals surface area contributed by atoms with Crippen molar-refractivity contribution in [3.05, 3.63) is 94.5 Å². The summed E-state index contributed by atoms with van der Waals surface area (Å²) in [6.45, 7) is 8.09. The molecule has 0 radical (unpaired) electrons. The molecule has 0 fully saturated rings. The summed E-state index contributed by atoms with van der Waals surface area (Å²) in [5.74, 6) is -3.06. The molecule has 0 aliphatic carbocycles. The van der Waals surface area contributed by atoms with E-state index in [0.717, 1.165) is 27.2 Å². The van der Waals surface area contributed by atoms with Crippen LogP contribution in [0.5, 0.6) is 0 Å². The highest BCUT2D eigenvalue weighted by atomic mass is 16.4. The summed E-state index contributed by atoms with van der Waals surface area (Å²) in [4.78, 5) is 38.9. The van der Waals surface area contributed by atoms with Gasteiger partial charge < -0.3 is 10.2 Å². The highest BCUT2D eigenvalue weighted by molar-refractivity contribution is 6.21. The minimum absolute atomic E-state index is 0.0134. The smallest absolute Gasteiger partial charge is 0.309 e. The number of hydrogen-bond donors (Lipinski definition) is 2. The fourth-order valence-corrected chi connectivity index (χ4v) is 4.83. The number of hydrogen-bond acceptors (Lipinski definition) is 4. The number of benzene rings is 3. The molecule has 6 nitrogen and oxygen atoms in total. The van der Waals surface area contributed by atoms with E-state index in [4.69, 9.17) is 0 Å². The first-order chi connectivity index (χ1) is 18.0. The van der Waals surface area contributed by atoms with Crippen LogP contribution < -0.4 is 0 Å². The lowest BCUT2D eigenvalue weighted by Crippen LogP contribution is -2.36. The highest BCUT2D eigenvalue weighted by Gasteiger charge is 2.37. The summed E-state index contributed by atoms with van der Waals surface area (Å²) >= 11 is 0. The largest absolute Gasteiger partial charge is 0.481 e. The van der Waals surface area contributed by atoms with Crippen molar-refractivity contribution in [2.45, 2.75) is 58.5 Å². The molecular weight excluding hydrogens is 478 g/mol. The molecule has 0 saturated heterocycles. The molecule has 2 amide bonds. The number of carboxylic acids is 1. The Morgan fingerprint density at radius 3 is 2.00 bits per heavy atom. The maximum absolute atomic E-state index is 13.0. The Morgan fingerprint density at radius 2 is 1.42 bits per heavy atom. The molecule has 2 atom stereocenters. The van der Waals surface area contributed by atoms with Gasteiger partial charge >= 0.3 is 5.97 Å². The second-order valence-corrected chi connectivity index (χ2v) is 11.2. The first-order valence-electron chi connectivity index (χ1n) is 13.0. The second kappa shape index (κ2) is 10.9. The van der Waals surface area contributed by atoms with Gasteiger partial charge in [0.15, 0.2) is 0 Å². The lowest BCUT2D eigenvalue weighted by atomic mass is 9.85. The van der Waals surface area contributed by atoms with Crippen LogP contribution in [0.4, 0.5) is 0 Å². The number of aliphatic hydroxyl groups excluding tert-OH is 1. The van der Waals surface area contributed by atoms with Crippen LogP contribution in [-0.2, 0) is 16.6 Å². The van der Waals surface area contributed by atoms with Crippen molar-refractivity contribution in [2.75, 3.05) is 6.54 Å². The number of carboxylic acid groups (broad SMARTS) is 1. The quantitative estimate of drug-likeness (QED) is 0.361. The van der Waals surface area contributed by atoms with Crippen molar-refractivity contribution < 1.29 is 24.6 Å². The van der Waals surface area contributed by atoms with Gasteiger partial charge in [0.1, 0.15) is 0 Å². The van der Waals surface area contributed by atoms with Crippen LogP contribution in [0.15, 0.2) is 66.7 Å². The predicted molar refractivity (Wildman–Crippen MR) is 147 cm³/mol. The molecule has 4 rings (SSSR count). The molecule has 3 aromatic carbocycles. The Balaban J connectivity index is 1.36. The molecule has 6 heteroatoms. The van der Waals surface area contributed by atoms with E-state index in [1.54, 1.807) is 12.1 Å². The van der Waals surface area contributed by atoms with Crippen molar-refractivity contribution in [1.29, 1.82) is 0 Å². The maximum Gasteiger partial charge on any atom is 0.309 e. The summed E-state index contributed by atoms with van der Waals surface area (Å²) in [6.07, 6.45) is -0.341. The van der Waals surface area contributed by atoms with Crippen molar-refractivity contribution in [2.24, 2.45) is 5.92 Å². The van der Waals surface area contributed by atoms with Crippen LogP contribution in [0.1, 0.15) is 71.0 Å². The molecule has 0 saturated carbocycles. The van der Waals surface area contributed by atoms with E-state index in [-0.39, 0.29) is 24.8 Å². The van der Waals surface area contributed by atoms with E-state index in [0.29, 0.717) is 17.5 Å². The van der Waals surface area contributed by atoms with Crippen molar-refractivity contribution >= 4 is 17.8 Å². The third-order valence-electron chi connectivity index (χ3n) is 7.35. The Morgan fingerprint density at radius 1 is 0.842 bits per heavy atom. The minimum Gasteiger partial charge on any atom is -0.481 e. The van der Waals surface area contributed by atoms with E-state index in [1.807, 2.05) is 58.0 Å². The minimum atomic E-state index is -1.14. The zero-order valence-electron chi connectivity index (χ0n) is 22.4. The number of nitrogens with zero attached hydrogens (tertiary/aromatic N) is 1. The molecule has 1 aliphatic rings. The number of aliphatic carboxylic acids is 1. The van der Waals surface area contributed by atoms with Crippen LogP contribution in [0.3, 0.4) is 0 Å². The van der Waals surface area contributed by atoms with Gasteiger partial charge in [0.05, 0.1) is 23.1 Å². The van der Waals surface area contributed by atoms with Gasteiger partial charge in [-0.1, -0.05) is 80.9 Å². The second-order valence-electron chi connectivity index (χ2n) is 11.2. The zero-order valence-corrected chi connectivity index (χ0v) is 22.4. The van der Waals surface area contributed by atoms with E-state index in [2.05, 4.69) is 24.3 Å². The molecule has 2 N–H and O–H groups in total. The Hall–Kier alpha value is -3.77. The van der Waals surface area contributed by atoms with Gasteiger partial charge in [-0.3, -0.25) is 19.3 Å². The van der Waals surface area contributed by atoms with E-state index >= 15 is 0 Å². The monoisotopic (exact) mass is 513 g/mol. The number of rotatable bonds is 9. The Bertz CT molecular complexity index is 1340. The van der Waals surface area contributed by atoms with Crippen LogP contribution in [-0.4, -0.2) is 45.5 Å². The zero-order chi connectivity index (χ0) is 27.6. The summed E-state index contributed by atoms with van der Waals surface area (Å²) in [5, 5.41) is 20.5. The fourth-order valence-electron chi connectivity index (χ4n) is 4.83. The summed E-state index contributed by atoms with van der Waals surface area (Å²) < 4.78 is 0. The average Bonchev–Trinajstić information content (AvgIpc) is 3.12. The first-order valence-corrected chi connectivity index (χ1v) is 13.0. The fraction of sp³-hybridized carbons (Fsp3) is 0.344. The molecule has 0 spiro atoms. The number of carbonyl (C=O) groups excluding carboxylic acids is 2. The topological polar surface area (TPSA) is 94.9 Å². The molecule has 1 aliphatic heterocycles. The normalized spacial score (nSPS) is 14.9. The lowest BCUT2D eigenvalue weighted by molar-refractivity contribution is -0.146. The van der Waals surface area contributed by atoms with Crippen molar-refractivity contribution in [3.63, 3.8) is 0 Å². The third-order valence-corrected chi connectivity index (χ3v) is 7.35. The number of imide groups is 1. The van der Waals surface area contributed by atoms with E-state index < -0.39 is 29.8 Å². The molecule has 1 heterocycles. The van der Waals surface area contributed by atoms with E-state index in [9.17, 15) is 24.6 Å². The highest BCUT2D eigenvalue weighted by Crippen LogP contribution is 2.30. The van der Waals surface area contributed by atoms with Crippen LogP contribution >= 0.6 is 0 Å².